The van der Waals surface area contributed by atoms with Crippen molar-refractivity contribution in [1.29, 1.82) is 5.26 Å². The molecule has 0 fully saturated rings. The number of nitriles is 1. The van der Waals surface area contributed by atoms with Gasteiger partial charge in [-0.3, -0.25) is 4.79 Å². The molecule has 0 saturated heterocycles. The Kier molecular flexibility index (Phi) is 4.95. The number of hydrogen-bond acceptors (Lipinski definition) is 4. The molecule has 2 aromatic rings. The Bertz CT molecular complexity index is 950. The lowest BCUT2D eigenvalue weighted by Gasteiger charge is -2.10. The van der Waals surface area contributed by atoms with E-state index in [0.717, 1.165) is 12.1 Å². The summed E-state index contributed by atoms with van der Waals surface area (Å²) in [5.74, 6) is -3.60. The number of halogens is 2. The molecular weight excluding hydrogens is 338 g/mol. The largest absolute Gasteiger partial charge is 0.270 e. The van der Waals surface area contributed by atoms with E-state index < -0.39 is 32.5 Å². The maximum atomic E-state index is 14.0. The Morgan fingerprint density at radius 1 is 1.25 bits per heavy atom. The lowest BCUT2D eigenvalue weighted by molar-refractivity contribution is 0.0981. The van der Waals surface area contributed by atoms with E-state index >= 15 is 0 Å². The second-order valence-corrected chi connectivity index (χ2v) is 6.60. The van der Waals surface area contributed by atoms with Crippen molar-refractivity contribution < 1.29 is 22.0 Å². The Balaban J connectivity index is 2.37. The third-order valence-electron chi connectivity index (χ3n) is 3.21. The van der Waals surface area contributed by atoms with E-state index in [1.165, 1.54) is 25.1 Å². The van der Waals surface area contributed by atoms with Crippen molar-refractivity contribution in [3.05, 3.63) is 64.7 Å². The van der Waals surface area contributed by atoms with Gasteiger partial charge in [0, 0.05) is 5.56 Å². The van der Waals surface area contributed by atoms with E-state index in [9.17, 15) is 22.0 Å². The molecule has 0 aliphatic heterocycles. The van der Waals surface area contributed by atoms with E-state index in [-0.39, 0.29) is 17.5 Å². The standard InChI is InChI=1S/C16H12F2N2O3S/c1-10-5-6-13(17)15(14(10)18)24(22,23)20-16(21)12-4-2-3-11(9-12)7-8-19/h2-6,9H,7H2,1H3,(H,20,21). The molecule has 0 spiro atoms. The fraction of sp³-hybridized carbons (Fsp3) is 0.125. The molecule has 1 amide bonds. The molecule has 0 atom stereocenters. The molecule has 0 aliphatic rings. The summed E-state index contributed by atoms with van der Waals surface area (Å²) in [6.45, 7) is 1.28. The molecule has 0 bridgehead atoms. The van der Waals surface area contributed by atoms with Crippen molar-refractivity contribution in [1.82, 2.24) is 4.72 Å². The summed E-state index contributed by atoms with van der Waals surface area (Å²) >= 11 is 0. The van der Waals surface area contributed by atoms with Gasteiger partial charge in [0.15, 0.2) is 4.90 Å². The minimum atomic E-state index is -4.73. The monoisotopic (exact) mass is 350 g/mol. The maximum absolute atomic E-state index is 14.0. The van der Waals surface area contributed by atoms with Crippen LogP contribution in [0.3, 0.4) is 0 Å². The number of nitrogens with zero attached hydrogens (tertiary/aromatic N) is 1. The highest BCUT2D eigenvalue weighted by atomic mass is 32.2. The van der Waals surface area contributed by atoms with Crippen LogP contribution in [0.2, 0.25) is 0 Å². The first kappa shape index (κ1) is 17.6. The summed E-state index contributed by atoms with van der Waals surface area (Å²) in [5.41, 5.74) is 0.399. The van der Waals surface area contributed by atoms with Crippen LogP contribution < -0.4 is 4.72 Å². The number of sulfonamides is 1. The fourth-order valence-electron chi connectivity index (χ4n) is 2.02. The fourth-order valence-corrected chi connectivity index (χ4v) is 3.21. The first-order valence-corrected chi connectivity index (χ1v) is 8.22. The summed E-state index contributed by atoms with van der Waals surface area (Å²) in [6, 6.07) is 9.53. The number of nitrogens with one attached hydrogen (secondary N) is 1. The third-order valence-corrected chi connectivity index (χ3v) is 4.58. The van der Waals surface area contributed by atoms with Gasteiger partial charge in [0.25, 0.3) is 15.9 Å². The Morgan fingerprint density at radius 3 is 2.62 bits per heavy atom. The van der Waals surface area contributed by atoms with Crippen LogP contribution in [0.5, 0.6) is 0 Å². The molecular formula is C16H12F2N2O3S. The quantitative estimate of drug-likeness (QED) is 0.918. The predicted octanol–water partition coefficient (Wildman–Crippen LogP) is 2.46. The zero-order valence-electron chi connectivity index (χ0n) is 12.5. The first-order valence-electron chi connectivity index (χ1n) is 6.74. The summed E-state index contributed by atoms with van der Waals surface area (Å²) < 4.78 is 53.7. The number of carbonyl (C=O) groups is 1. The molecule has 124 valence electrons. The van der Waals surface area contributed by atoms with Crippen LogP contribution >= 0.6 is 0 Å². The van der Waals surface area contributed by atoms with Gasteiger partial charge in [-0.05, 0) is 36.2 Å². The summed E-state index contributed by atoms with van der Waals surface area (Å²) in [7, 11) is -4.73. The van der Waals surface area contributed by atoms with Crippen molar-refractivity contribution >= 4 is 15.9 Å². The number of amides is 1. The highest BCUT2D eigenvalue weighted by molar-refractivity contribution is 7.90. The molecule has 24 heavy (non-hydrogen) atoms. The zero-order valence-corrected chi connectivity index (χ0v) is 13.3. The molecule has 0 saturated carbocycles. The number of rotatable bonds is 4. The van der Waals surface area contributed by atoms with E-state index in [2.05, 4.69) is 0 Å². The number of aryl methyl sites for hydroxylation is 1. The molecule has 0 unspecified atom stereocenters. The van der Waals surface area contributed by atoms with Gasteiger partial charge in [-0.1, -0.05) is 18.2 Å². The third kappa shape index (κ3) is 3.58. The molecule has 1 N–H and O–H groups in total. The minimum absolute atomic E-state index is 0.0367. The van der Waals surface area contributed by atoms with E-state index in [1.54, 1.807) is 10.8 Å². The Hall–Kier alpha value is -2.79. The molecule has 0 aromatic heterocycles. The molecule has 0 radical (unpaired) electrons. The van der Waals surface area contributed by atoms with Crippen LogP contribution in [0, 0.1) is 29.9 Å². The van der Waals surface area contributed by atoms with Gasteiger partial charge in [-0.2, -0.15) is 5.26 Å². The molecule has 8 heteroatoms. The van der Waals surface area contributed by atoms with Crippen LogP contribution in [0.4, 0.5) is 8.78 Å². The second-order valence-electron chi connectivity index (χ2n) is 4.98. The predicted molar refractivity (Wildman–Crippen MR) is 81.5 cm³/mol. The van der Waals surface area contributed by atoms with Crippen LogP contribution in [-0.4, -0.2) is 14.3 Å². The van der Waals surface area contributed by atoms with Gasteiger partial charge < -0.3 is 0 Å². The van der Waals surface area contributed by atoms with E-state index in [0.29, 0.717) is 5.56 Å². The summed E-state index contributed by atoms with van der Waals surface area (Å²) in [6.07, 6.45) is 0.0367. The Labute approximate surface area is 137 Å². The normalized spacial score (nSPS) is 10.9. The number of carbonyl (C=O) groups excluding carboxylic acids is 1. The van der Waals surface area contributed by atoms with Gasteiger partial charge in [-0.15, -0.1) is 0 Å². The van der Waals surface area contributed by atoms with Crippen LogP contribution in [0.25, 0.3) is 0 Å². The first-order chi connectivity index (χ1) is 11.3. The minimum Gasteiger partial charge on any atom is -0.268 e. The smallest absolute Gasteiger partial charge is 0.268 e. The second kappa shape index (κ2) is 6.76. The van der Waals surface area contributed by atoms with Crippen LogP contribution in [-0.2, 0) is 16.4 Å². The lowest BCUT2D eigenvalue weighted by Crippen LogP contribution is -2.32. The average molecular weight is 350 g/mol. The lowest BCUT2D eigenvalue weighted by atomic mass is 10.1. The maximum Gasteiger partial charge on any atom is 0.270 e. The van der Waals surface area contributed by atoms with Gasteiger partial charge in [0.1, 0.15) is 11.6 Å². The van der Waals surface area contributed by atoms with Gasteiger partial charge >= 0.3 is 0 Å². The summed E-state index contributed by atoms with van der Waals surface area (Å²) in [5, 5.41) is 8.64. The molecule has 0 aliphatic carbocycles. The molecule has 0 heterocycles. The molecule has 2 rings (SSSR count). The van der Waals surface area contributed by atoms with Crippen molar-refractivity contribution in [2.24, 2.45) is 0 Å². The van der Waals surface area contributed by atoms with Crippen molar-refractivity contribution in [2.45, 2.75) is 18.2 Å². The van der Waals surface area contributed by atoms with Gasteiger partial charge in [0.05, 0.1) is 12.5 Å². The number of hydrogen-bond donors (Lipinski definition) is 1. The highest BCUT2D eigenvalue weighted by Crippen LogP contribution is 2.21. The van der Waals surface area contributed by atoms with Crippen LogP contribution in [0.15, 0.2) is 41.3 Å². The molecule has 2 aromatic carbocycles. The van der Waals surface area contributed by atoms with Crippen molar-refractivity contribution in [3.63, 3.8) is 0 Å². The van der Waals surface area contributed by atoms with E-state index in [4.69, 9.17) is 5.26 Å². The van der Waals surface area contributed by atoms with Crippen molar-refractivity contribution in [2.75, 3.05) is 0 Å². The molecule has 5 nitrogen and oxygen atoms in total. The van der Waals surface area contributed by atoms with Crippen molar-refractivity contribution in [3.8, 4) is 6.07 Å². The van der Waals surface area contributed by atoms with Gasteiger partial charge in [0.2, 0.25) is 0 Å². The SMILES string of the molecule is Cc1ccc(F)c(S(=O)(=O)NC(=O)c2cccc(CC#N)c2)c1F. The Morgan fingerprint density at radius 2 is 1.96 bits per heavy atom. The summed E-state index contributed by atoms with van der Waals surface area (Å²) in [4.78, 5) is 10.9. The highest BCUT2D eigenvalue weighted by Gasteiger charge is 2.27. The van der Waals surface area contributed by atoms with Crippen LogP contribution in [0.1, 0.15) is 21.5 Å². The van der Waals surface area contributed by atoms with Gasteiger partial charge in [-0.25, -0.2) is 21.9 Å². The van der Waals surface area contributed by atoms with E-state index in [1.807, 2.05) is 6.07 Å². The average Bonchev–Trinajstić information content (AvgIpc) is 2.51. The zero-order chi connectivity index (χ0) is 17.9. The number of benzene rings is 2. The topological polar surface area (TPSA) is 87.0 Å².